The number of benzene rings is 1. The molecular weight excluding hydrogens is 356 g/mol. The molecule has 1 fully saturated rings. The molecule has 148 valence electrons. The highest BCUT2D eigenvalue weighted by atomic mass is 16.2. The zero-order valence-electron chi connectivity index (χ0n) is 16.3. The van der Waals surface area contributed by atoms with Crippen LogP contribution in [0.15, 0.2) is 48.8 Å². The van der Waals surface area contributed by atoms with Gasteiger partial charge in [0.1, 0.15) is 6.04 Å². The second-order valence-corrected chi connectivity index (χ2v) is 6.87. The Morgan fingerprint density at radius 3 is 2.36 bits per heavy atom. The number of urea groups is 1. The minimum absolute atomic E-state index is 0.117. The molecule has 2 aromatic rings. The molecule has 1 aliphatic rings. The van der Waals surface area contributed by atoms with E-state index in [4.69, 9.17) is 0 Å². The molecule has 1 aliphatic heterocycles. The van der Waals surface area contributed by atoms with E-state index in [1.54, 1.807) is 42.2 Å². The van der Waals surface area contributed by atoms with Gasteiger partial charge in [-0.15, -0.1) is 0 Å². The quantitative estimate of drug-likeness (QED) is 0.844. The van der Waals surface area contributed by atoms with E-state index in [0.29, 0.717) is 38.7 Å². The molecule has 0 radical (unpaired) electrons. The van der Waals surface area contributed by atoms with Crippen molar-refractivity contribution >= 4 is 17.9 Å². The van der Waals surface area contributed by atoms with E-state index in [-0.39, 0.29) is 11.9 Å². The second-order valence-electron chi connectivity index (χ2n) is 6.87. The van der Waals surface area contributed by atoms with Crippen molar-refractivity contribution in [2.24, 2.45) is 0 Å². The number of rotatable bonds is 5. The molecule has 8 heteroatoms. The van der Waals surface area contributed by atoms with Crippen LogP contribution in [0.3, 0.4) is 0 Å². The van der Waals surface area contributed by atoms with Gasteiger partial charge in [0.15, 0.2) is 0 Å². The average molecular weight is 382 g/mol. The van der Waals surface area contributed by atoms with Crippen LogP contribution >= 0.6 is 0 Å². The Kier molecular flexibility index (Phi) is 6.41. The zero-order chi connectivity index (χ0) is 19.9. The number of piperazine rings is 1. The maximum Gasteiger partial charge on any atom is 0.318 e. The van der Waals surface area contributed by atoms with Crippen molar-refractivity contribution in [3.8, 4) is 0 Å². The number of hydrogen-bond donors (Lipinski definition) is 1. The molecule has 1 aromatic heterocycles. The highest BCUT2D eigenvalue weighted by Crippen LogP contribution is 2.10. The number of nitrogens with zero attached hydrogens (tertiary/aromatic N) is 5. The van der Waals surface area contributed by atoms with Gasteiger partial charge in [-0.25, -0.2) is 14.8 Å². The van der Waals surface area contributed by atoms with E-state index in [1.807, 2.05) is 35.2 Å². The normalized spacial score (nSPS) is 15.1. The predicted molar refractivity (Wildman–Crippen MR) is 107 cm³/mol. The van der Waals surface area contributed by atoms with Crippen LogP contribution in [0.1, 0.15) is 12.5 Å². The summed E-state index contributed by atoms with van der Waals surface area (Å²) in [7, 11) is 1.75. The molecule has 3 rings (SSSR count). The number of carbonyl (C=O) groups excluding carboxylic acids is 2. The SMILES string of the molecule is C[C@H](NC(=O)N1CCN(c2ncccn2)CC1)C(=O)N(C)Cc1ccccc1. The molecule has 1 saturated heterocycles. The third-order valence-corrected chi connectivity index (χ3v) is 4.75. The molecule has 0 unspecified atom stereocenters. The van der Waals surface area contributed by atoms with Gasteiger partial charge in [0.05, 0.1) is 0 Å². The van der Waals surface area contributed by atoms with Gasteiger partial charge < -0.3 is 20.0 Å². The molecule has 0 saturated carbocycles. The molecule has 0 spiro atoms. The predicted octanol–water partition coefficient (Wildman–Crippen LogP) is 1.36. The smallest absolute Gasteiger partial charge is 0.318 e. The Morgan fingerprint density at radius 2 is 1.71 bits per heavy atom. The van der Waals surface area contributed by atoms with Crippen LogP contribution in [-0.2, 0) is 11.3 Å². The summed E-state index contributed by atoms with van der Waals surface area (Å²) < 4.78 is 0. The van der Waals surface area contributed by atoms with Crippen LogP contribution in [0.2, 0.25) is 0 Å². The van der Waals surface area contributed by atoms with Gasteiger partial charge >= 0.3 is 6.03 Å². The van der Waals surface area contributed by atoms with Crippen molar-refractivity contribution in [1.82, 2.24) is 25.1 Å². The topological polar surface area (TPSA) is 81.7 Å². The molecule has 1 aromatic carbocycles. The fourth-order valence-electron chi connectivity index (χ4n) is 3.17. The fraction of sp³-hybridized carbons (Fsp3) is 0.400. The standard InChI is InChI=1S/C20H26N6O2/c1-16(18(27)24(2)15-17-7-4-3-5-8-17)23-20(28)26-13-11-25(12-14-26)19-21-9-6-10-22-19/h3-10,16H,11-15H2,1-2H3,(H,23,28)/t16-/m0/s1. The summed E-state index contributed by atoms with van der Waals surface area (Å²) >= 11 is 0. The summed E-state index contributed by atoms with van der Waals surface area (Å²) in [6.45, 7) is 4.67. The number of carbonyl (C=O) groups is 2. The van der Waals surface area contributed by atoms with Crippen molar-refractivity contribution in [3.63, 3.8) is 0 Å². The van der Waals surface area contributed by atoms with E-state index < -0.39 is 6.04 Å². The van der Waals surface area contributed by atoms with Crippen LogP contribution in [0.4, 0.5) is 10.7 Å². The van der Waals surface area contributed by atoms with Gasteiger partial charge in [0.2, 0.25) is 11.9 Å². The first kappa shape index (κ1) is 19.6. The molecule has 8 nitrogen and oxygen atoms in total. The summed E-state index contributed by atoms with van der Waals surface area (Å²) in [4.78, 5) is 39.0. The number of anilines is 1. The van der Waals surface area contributed by atoms with Gasteiger partial charge in [-0.3, -0.25) is 4.79 Å². The number of likely N-dealkylation sites (N-methyl/N-ethyl adjacent to an activating group) is 1. The van der Waals surface area contributed by atoms with Crippen molar-refractivity contribution in [2.75, 3.05) is 38.1 Å². The lowest BCUT2D eigenvalue weighted by molar-refractivity contribution is -0.132. The summed E-state index contributed by atoms with van der Waals surface area (Å²) in [6, 6.07) is 10.8. The molecule has 0 bridgehead atoms. The maximum atomic E-state index is 12.6. The third kappa shape index (κ3) is 4.97. The fourth-order valence-corrected chi connectivity index (χ4v) is 3.17. The second kappa shape index (κ2) is 9.16. The Bertz CT molecular complexity index is 778. The first-order chi connectivity index (χ1) is 13.5. The largest absolute Gasteiger partial charge is 0.340 e. The molecule has 28 heavy (non-hydrogen) atoms. The third-order valence-electron chi connectivity index (χ3n) is 4.75. The van der Waals surface area contributed by atoms with Gasteiger partial charge in [-0.2, -0.15) is 0 Å². The van der Waals surface area contributed by atoms with Crippen molar-refractivity contribution < 1.29 is 9.59 Å². The minimum Gasteiger partial charge on any atom is -0.340 e. The monoisotopic (exact) mass is 382 g/mol. The summed E-state index contributed by atoms with van der Waals surface area (Å²) in [5.74, 6) is 0.558. The Hall–Kier alpha value is -3.16. The molecule has 1 atom stereocenters. The molecular formula is C20H26N6O2. The van der Waals surface area contributed by atoms with E-state index in [9.17, 15) is 9.59 Å². The Morgan fingerprint density at radius 1 is 1.07 bits per heavy atom. The lowest BCUT2D eigenvalue weighted by Gasteiger charge is -2.35. The minimum atomic E-state index is -0.586. The molecule has 0 aliphatic carbocycles. The average Bonchev–Trinajstić information content (AvgIpc) is 2.74. The molecule has 1 N–H and O–H groups in total. The number of aromatic nitrogens is 2. The summed E-state index contributed by atoms with van der Waals surface area (Å²) in [5, 5.41) is 2.82. The summed E-state index contributed by atoms with van der Waals surface area (Å²) in [6.07, 6.45) is 3.42. The van der Waals surface area contributed by atoms with Crippen LogP contribution in [-0.4, -0.2) is 71.0 Å². The lowest BCUT2D eigenvalue weighted by atomic mass is 10.2. The first-order valence-corrected chi connectivity index (χ1v) is 9.41. The highest BCUT2D eigenvalue weighted by Gasteiger charge is 2.26. The van der Waals surface area contributed by atoms with E-state index >= 15 is 0 Å². The van der Waals surface area contributed by atoms with Crippen LogP contribution in [0.5, 0.6) is 0 Å². The Balaban J connectivity index is 1.47. The molecule has 2 heterocycles. The summed E-state index contributed by atoms with van der Waals surface area (Å²) in [5.41, 5.74) is 1.05. The highest BCUT2D eigenvalue weighted by molar-refractivity contribution is 5.86. The van der Waals surface area contributed by atoms with Gasteiger partial charge in [0, 0.05) is 52.2 Å². The zero-order valence-corrected chi connectivity index (χ0v) is 16.3. The van der Waals surface area contributed by atoms with Crippen molar-refractivity contribution in [1.29, 1.82) is 0 Å². The Labute approximate surface area is 165 Å². The lowest BCUT2D eigenvalue weighted by Crippen LogP contribution is -2.55. The number of nitrogens with one attached hydrogen (secondary N) is 1. The van der Waals surface area contributed by atoms with Crippen LogP contribution in [0.25, 0.3) is 0 Å². The van der Waals surface area contributed by atoms with Gasteiger partial charge in [0.25, 0.3) is 0 Å². The van der Waals surface area contributed by atoms with Gasteiger partial charge in [-0.1, -0.05) is 30.3 Å². The number of hydrogen-bond acceptors (Lipinski definition) is 5. The molecule has 3 amide bonds. The van der Waals surface area contributed by atoms with Gasteiger partial charge in [-0.05, 0) is 18.6 Å². The van der Waals surface area contributed by atoms with Crippen LogP contribution < -0.4 is 10.2 Å². The van der Waals surface area contributed by atoms with E-state index in [2.05, 4.69) is 15.3 Å². The van der Waals surface area contributed by atoms with Crippen molar-refractivity contribution in [2.45, 2.75) is 19.5 Å². The van der Waals surface area contributed by atoms with Crippen molar-refractivity contribution in [3.05, 3.63) is 54.4 Å². The van der Waals surface area contributed by atoms with Crippen LogP contribution in [0, 0.1) is 0 Å². The van der Waals surface area contributed by atoms with E-state index in [0.717, 1.165) is 5.56 Å². The maximum absolute atomic E-state index is 12.6. The number of amides is 3. The first-order valence-electron chi connectivity index (χ1n) is 9.41. The van der Waals surface area contributed by atoms with E-state index in [1.165, 1.54) is 0 Å².